The summed E-state index contributed by atoms with van der Waals surface area (Å²) in [6.07, 6.45) is 2.04. The average Bonchev–Trinajstić information content (AvgIpc) is 2.16. The lowest BCUT2D eigenvalue weighted by Crippen LogP contribution is -2.11. The Bertz CT molecular complexity index is 274. The van der Waals surface area contributed by atoms with E-state index in [1.54, 1.807) is 11.8 Å². The summed E-state index contributed by atoms with van der Waals surface area (Å²) in [5, 5.41) is 3.29. The van der Waals surface area contributed by atoms with E-state index in [2.05, 4.69) is 24.4 Å². The second-order valence-electron chi connectivity index (χ2n) is 2.86. The summed E-state index contributed by atoms with van der Waals surface area (Å²) >= 11 is 1.69. The quantitative estimate of drug-likeness (QED) is 0.572. The molecule has 0 saturated heterocycles. The smallest absolute Gasteiger partial charge is 0.0452 e. The topological polar surface area (TPSA) is 38.0 Å². The average molecular weight is 196 g/mol. The number of benzene rings is 1. The molecule has 0 aliphatic heterocycles. The summed E-state index contributed by atoms with van der Waals surface area (Å²) in [5.41, 5.74) is 7.95. The van der Waals surface area contributed by atoms with Crippen LogP contribution in [0.2, 0.25) is 0 Å². The van der Waals surface area contributed by atoms with E-state index in [-0.39, 0.29) is 0 Å². The summed E-state index contributed by atoms with van der Waals surface area (Å²) in [7, 11) is 0. The van der Waals surface area contributed by atoms with Crippen molar-refractivity contribution >= 4 is 17.4 Å². The number of nitrogen functional groups attached to an aromatic ring is 1. The van der Waals surface area contributed by atoms with Crippen LogP contribution in [-0.2, 0) is 6.54 Å². The molecule has 1 aromatic carbocycles. The van der Waals surface area contributed by atoms with Gasteiger partial charge in [-0.05, 0) is 30.5 Å². The molecule has 0 spiro atoms. The van der Waals surface area contributed by atoms with Crippen LogP contribution in [-0.4, -0.2) is 12.8 Å². The number of anilines is 1. The molecule has 0 saturated carbocycles. The molecule has 0 aromatic heterocycles. The van der Waals surface area contributed by atoms with E-state index in [4.69, 9.17) is 5.73 Å². The van der Waals surface area contributed by atoms with Crippen molar-refractivity contribution in [1.29, 1.82) is 0 Å². The summed E-state index contributed by atoms with van der Waals surface area (Å²) in [6, 6.07) is 6.18. The molecule has 0 aliphatic carbocycles. The minimum absolute atomic E-state index is 0.868. The minimum atomic E-state index is 0.868. The van der Waals surface area contributed by atoms with Crippen LogP contribution in [0.15, 0.2) is 23.1 Å². The Hall–Kier alpha value is -0.670. The molecule has 2 nitrogen and oxygen atoms in total. The highest BCUT2D eigenvalue weighted by Gasteiger charge is 1.98. The van der Waals surface area contributed by atoms with Gasteiger partial charge in [-0.2, -0.15) is 0 Å². The van der Waals surface area contributed by atoms with Gasteiger partial charge in [0.2, 0.25) is 0 Å². The van der Waals surface area contributed by atoms with E-state index >= 15 is 0 Å². The summed E-state index contributed by atoms with van der Waals surface area (Å²) in [6.45, 7) is 4.02. The van der Waals surface area contributed by atoms with Crippen molar-refractivity contribution in [2.75, 3.05) is 18.5 Å². The maximum absolute atomic E-state index is 5.79. The molecule has 13 heavy (non-hydrogen) atoms. The molecular weight excluding hydrogens is 180 g/mol. The van der Waals surface area contributed by atoms with Crippen molar-refractivity contribution in [3.63, 3.8) is 0 Å². The third-order valence-corrected chi connectivity index (χ3v) is 2.67. The Morgan fingerprint density at radius 1 is 1.46 bits per heavy atom. The molecule has 1 aromatic rings. The molecule has 72 valence electrons. The van der Waals surface area contributed by atoms with Gasteiger partial charge in [0, 0.05) is 17.1 Å². The summed E-state index contributed by atoms with van der Waals surface area (Å²) in [5.74, 6) is 0. The minimum Gasteiger partial charge on any atom is -0.398 e. The maximum atomic E-state index is 5.79. The van der Waals surface area contributed by atoms with Gasteiger partial charge in [0.05, 0.1) is 0 Å². The Kier molecular flexibility index (Phi) is 4.12. The van der Waals surface area contributed by atoms with Gasteiger partial charge in [-0.25, -0.2) is 0 Å². The number of thioether (sulfide) groups is 1. The van der Waals surface area contributed by atoms with Crippen LogP contribution in [0.3, 0.4) is 0 Å². The third-order valence-electron chi connectivity index (χ3n) is 1.88. The highest BCUT2D eigenvalue weighted by Crippen LogP contribution is 2.23. The lowest BCUT2D eigenvalue weighted by atomic mass is 10.2. The maximum Gasteiger partial charge on any atom is 0.0452 e. The van der Waals surface area contributed by atoms with Crippen LogP contribution in [0.5, 0.6) is 0 Å². The van der Waals surface area contributed by atoms with Crippen LogP contribution in [0.1, 0.15) is 12.5 Å². The molecule has 1 rings (SSSR count). The Labute approximate surface area is 83.9 Å². The molecular formula is C10H16N2S. The fraction of sp³-hybridized carbons (Fsp3) is 0.400. The zero-order valence-corrected chi connectivity index (χ0v) is 8.95. The highest BCUT2D eigenvalue weighted by molar-refractivity contribution is 7.98. The second kappa shape index (κ2) is 5.14. The van der Waals surface area contributed by atoms with Crippen molar-refractivity contribution in [3.8, 4) is 0 Å². The summed E-state index contributed by atoms with van der Waals surface area (Å²) < 4.78 is 0. The molecule has 0 aliphatic rings. The van der Waals surface area contributed by atoms with E-state index < -0.39 is 0 Å². The molecule has 3 heteroatoms. The van der Waals surface area contributed by atoms with Gasteiger partial charge >= 0.3 is 0 Å². The van der Waals surface area contributed by atoms with Crippen molar-refractivity contribution in [3.05, 3.63) is 23.8 Å². The lowest BCUT2D eigenvalue weighted by Gasteiger charge is -2.06. The van der Waals surface area contributed by atoms with E-state index in [0.29, 0.717) is 0 Å². The van der Waals surface area contributed by atoms with Gasteiger partial charge in [-0.15, -0.1) is 11.8 Å². The molecule has 0 atom stereocenters. The number of hydrogen-bond acceptors (Lipinski definition) is 3. The number of rotatable bonds is 4. The fourth-order valence-electron chi connectivity index (χ4n) is 1.13. The SMILES string of the molecule is CCNCc1ccc(N)c(SC)c1. The number of nitrogens with two attached hydrogens (primary N) is 1. The van der Waals surface area contributed by atoms with Gasteiger partial charge in [0.15, 0.2) is 0 Å². The molecule has 0 unspecified atom stereocenters. The van der Waals surface area contributed by atoms with Gasteiger partial charge in [-0.3, -0.25) is 0 Å². The van der Waals surface area contributed by atoms with Crippen molar-refractivity contribution in [1.82, 2.24) is 5.32 Å². The highest BCUT2D eigenvalue weighted by atomic mass is 32.2. The van der Waals surface area contributed by atoms with Crippen LogP contribution in [0.25, 0.3) is 0 Å². The third kappa shape index (κ3) is 2.94. The standard InChI is InChI=1S/C10H16N2S/c1-3-12-7-8-4-5-9(11)10(6-8)13-2/h4-6,12H,3,7,11H2,1-2H3. The van der Waals surface area contributed by atoms with E-state index in [1.807, 2.05) is 12.3 Å². The van der Waals surface area contributed by atoms with Crippen molar-refractivity contribution in [2.24, 2.45) is 0 Å². The van der Waals surface area contributed by atoms with Crippen LogP contribution in [0.4, 0.5) is 5.69 Å². The largest absolute Gasteiger partial charge is 0.398 e. The molecule has 0 fully saturated rings. The Morgan fingerprint density at radius 2 is 2.23 bits per heavy atom. The zero-order valence-electron chi connectivity index (χ0n) is 8.13. The Balaban J connectivity index is 2.74. The normalized spacial score (nSPS) is 10.3. The van der Waals surface area contributed by atoms with E-state index in [1.165, 1.54) is 5.56 Å². The summed E-state index contributed by atoms with van der Waals surface area (Å²) in [4.78, 5) is 1.16. The van der Waals surface area contributed by atoms with Gasteiger partial charge in [0.25, 0.3) is 0 Å². The molecule has 0 amide bonds. The van der Waals surface area contributed by atoms with Crippen LogP contribution in [0, 0.1) is 0 Å². The van der Waals surface area contributed by atoms with E-state index in [9.17, 15) is 0 Å². The van der Waals surface area contributed by atoms with E-state index in [0.717, 1.165) is 23.7 Å². The van der Waals surface area contributed by atoms with Crippen LogP contribution >= 0.6 is 11.8 Å². The van der Waals surface area contributed by atoms with Gasteiger partial charge in [0.1, 0.15) is 0 Å². The second-order valence-corrected chi connectivity index (χ2v) is 3.70. The molecule has 0 radical (unpaired) electrons. The van der Waals surface area contributed by atoms with Gasteiger partial charge in [-0.1, -0.05) is 13.0 Å². The molecule has 3 N–H and O–H groups in total. The van der Waals surface area contributed by atoms with Crippen molar-refractivity contribution in [2.45, 2.75) is 18.4 Å². The van der Waals surface area contributed by atoms with Crippen LogP contribution < -0.4 is 11.1 Å². The predicted molar refractivity (Wildman–Crippen MR) is 60.0 cm³/mol. The Morgan fingerprint density at radius 3 is 2.85 bits per heavy atom. The van der Waals surface area contributed by atoms with Crippen molar-refractivity contribution < 1.29 is 0 Å². The first-order valence-corrected chi connectivity index (χ1v) is 5.63. The first-order valence-electron chi connectivity index (χ1n) is 4.41. The molecule has 0 bridgehead atoms. The monoisotopic (exact) mass is 196 g/mol. The molecule has 0 heterocycles. The number of nitrogens with one attached hydrogen (secondary N) is 1. The predicted octanol–water partition coefficient (Wildman–Crippen LogP) is 2.10. The lowest BCUT2D eigenvalue weighted by molar-refractivity contribution is 0.726. The fourth-order valence-corrected chi connectivity index (χ4v) is 1.71. The van der Waals surface area contributed by atoms with Gasteiger partial charge < -0.3 is 11.1 Å². The first-order chi connectivity index (χ1) is 6.27. The number of hydrogen-bond donors (Lipinski definition) is 2. The first kappa shape index (κ1) is 10.4. The zero-order chi connectivity index (χ0) is 9.68.